The van der Waals surface area contributed by atoms with Gasteiger partial charge in [-0.05, 0) is 12.3 Å². The summed E-state index contributed by atoms with van der Waals surface area (Å²) in [6.45, 7) is 6.37. The van der Waals surface area contributed by atoms with E-state index in [1.165, 1.54) is 25.6 Å². The van der Waals surface area contributed by atoms with E-state index in [1.54, 1.807) is 11.1 Å². The second-order valence-electron chi connectivity index (χ2n) is 8.13. The van der Waals surface area contributed by atoms with Crippen molar-refractivity contribution in [2.45, 2.75) is 84.2 Å². The zero-order valence-corrected chi connectivity index (χ0v) is 19.2. The fourth-order valence-electron chi connectivity index (χ4n) is 3.63. The Morgan fingerprint density at radius 3 is 2.39 bits per heavy atom. The molecule has 0 aromatic carbocycles. The third kappa shape index (κ3) is 9.08. The number of nitrogens with one attached hydrogen (secondary N) is 2. The number of H-pyrrole nitrogens is 1. The SMILES string of the molecule is CCCCCCCCN(C(=O)CN)[C@H](C(=O)N[C@@H](Cc1cnc[nH]1)C(N)=O)[C@@H](C)CC. The maximum absolute atomic E-state index is 13.2. The molecule has 9 heteroatoms. The lowest BCUT2D eigenvalue weighted by Crippen LogP contribution is -2.58. The molecule has 31 heavy (non-hydrogen) atoms. The van der Waals surface area contributed by atoms with Crippen LogP contribution in [0.25, 0.3) is 0 Å². The third-order valence-corrected chi connectivity index (χ3v) is 5.67. The number of carbonyl (C=O) groups excluding carboxylic acids is 3. The van der Waals surface area contributed by atoms with Crippen LogP contribution in [0.5, 0.6) is 0 Å². The molecule has 1 aromatic heterocycles. The van der Waals surface area contributed by atoms with Gasteiger partial charge in [-0.15, -0.1) is 0 Å². The van der Waals surface area contributed by atoms with Crippen LogP contribution in [0, 0.1) is 5.92 Å². The Kier molecular flexibility index (Phi) is 12.5. The molecule has 0 aliphatic carbocycles. The Labute approximate surface area is 185 Å². The van der Waals surface area contributed by atoms with E-state index < -0.39 is 18.0 Å². The normalized spacial score (nSPS) is 13.9. The predicted octanol–water partition coefficient (Wildman–Crippen LogP) is 1.48. The van der Waals surface area contributed by atoms with Gasteiger partial charge in [-0.2, -0.15) is 0 Å². The third-order valence-electron chi connectivity index (χ3n) is 5.67. The molecule has 1 aromatic rings. The van der Waals surface area contributed by atoms with Crippen molar-refractivity contribution in [2.75, 3.05) is 13.1 Å². The standard InChI is InChI=1S/C22H40N6O3/c1-4-6-7-8-9-10-11-28(19(29)13-23)20(16(3)5-2)22(31)27-18(21(24)30)12-17-14-25-15-26-17/h14-16,18,20H,4-13,23H2,1-3H3,(H2,24,30)(H,25,26)(H,27,31)/t16-,18-,20-/m0/s1. The van der Waals surface area contributed by atoms with Gasteiger partial charge in [0.1, 0.15) is 12.1 Å². The molecular weight excluding hydrogens is 396 g/mol. The number of carbonyl (C=O) groups is 3. The minimum absolute atomic E-state index is 0.101. The molecule has 0 saturated heterocycles. The Hall–Kier alpha value is -2.42. The number of primary amides is 1. The van der Waals surface area contributed by atoms with E-state index in [1.807, 2.05) is 13.8 Å². The number of nitrogens with zero attached hydrogens (tertiary/aromatic N) is 2. The van der Waals surface area contributed by atoms with Crippen LogP contribution in [-0.4, -0.2) is 57.8 Å². The van der Waals surface area contributed by atoms with Crippen LogP contribution in [0.15, 0.2) is 12.5 Å². The number of unbranched alkanes of at least 4 members (excludes halogenated alkanes) is 5. The van der Waals surface area contributed by atoms with Gasteiger partial charge in [-0.3, -0.25) is 14.4 Å². The number of hydrogen-bond acceptors (Lipinski definition) is 5. The molecule has 0 aliphatic rings. The summed E-state index contributed by atoms with van der Waals surface area (Å²) < 4.78 is 0. The predicted molar refractivity (Wildman–Crippen MR) is 121 cm³/mol. The van der Waals surface area contributed by atoms with Gasteiger partial charge in [0.15, 0.2) is 0 Å². The Balaban J connectivity index is 2.91. The molecule has 176 valence electrons. The first-order valence-electron chi connectivity index (χ1n) is 11.4. The number of hydrogen-bond donors (Lipinski definition) is 4. The number of nitrogens with two attached hydrogens (primary N) is 2. The molecule has 0 saturated carbocycles. The molecule has 0 aliphatic heterocycles. The molecular formula is C22H40N6O3. The minimum atomic E-state index is -0.900. The van der Waals surface area contributed by atoms with Gasteiger partial charge in [-0.25, -0.2) is 4.98 Å². The molecule has 0 unspecified atom stereocenters. The van der Waals surface area contributed by atoms with Crippen molar-refractivity contribution in [3.05, 3.63) is 18.2 Å². The highest BCUT2D eigenvalue weighted by molar-refractivity contribution is 5.92. The largest absolute Gasteiger partial charge is 0.368 e. The van der Waals surface area contributed by atoms with Crippen molar-refractivity contribution < 1.29 is 14.4 Å². The molecule has 0 bridgehead atoms. The molecule has 3 atom stereocenters. The van der Waals surface area contributed by atoms with Crippen LogP contribution in [0.2, 0.25) is 0 Å². The fraction of sp³-hybridized carbons (Fsp3) is 0.727. The summed E-state index contributed by atoms with van der Waals surface area (Å²) in [7, 11) is 0. The first kappa shape index (κ1) is 26.6. The Bertz CT molecular complexity index is 664. The van der Waals surface area contributed by atoms with Crippen LogP contribution in [-0.2, 0) is 20.8 Å². The second kappa shape index (κ2) is 14.6. The molecule has 3 amide bonds. The molecule has 0 fully saturated rings. The Morgan fingerprint density at radius 2 is 1.84 bits per heavy atom. The lowest BCUT2D eigenvalue weighted by molar-refractivity contribution is -0.142. The van der Waals surface area contributed by atoms with Crippen molar-refractivity contribution >= 4 is 17.7 Å². The monoisotopic (exact) mass is 436 g/mol. The van der Waals surface area contributed by atoms with Gasteiger partial charge in [0.05, 0.1) is 12.9 Å². The van der Waals surface area contributed by atoms with E-state index in [9.17, 15) is 14.4 Å². The van der Waals surface area contributed by atoms with Gasteiger partial charge >= 0.3 is 0 Å². The summed E-state index contributed by atoms with van der Waals surface area (Å²) in [5, 5.41) is 2.75. The molecule has 0 spiro atoms. The quantitative estimate of drug-likeness (QED) is 0.290. The maximum Gasteiger partial charge on any atom is 0.243 e. The fourth-order valence-corrected chi connectivity index (χ4v) is 3.63. The lowest BCUT2D eigenvalue weighted by atomic mass is 9.95. The second-order valence-corrected chi connectivity index (χ2v) is 8.13. The topological polar surface area (TPSA) is 147 Å². The summed E-state index contributed by atoms with van der Waals surface area (Å²) >= 11 is 0. The zero-order valence-electron chi connectivity index (χ0n) is 19.2. The van der Waals surface area contributed by atoms with Crippen molar-refractivity contribution in [1.29, 1.82) is 0 Å². The summed E-state index contributed by atoms with van der Waals surface area (Å²) in [4.78, 5) is 46.2. The van der Waals surface area contributed by atoms with Crippen LogP contribution in [0.1, 0.15) is 71.4 Å². The maximum atomic E-state index is 13.2. The van der Waals surface area contributed by atoms with E-state index in [0.717, 1.165) is 19.3 Å². The van der Waals surface area contributed by atoms with Crippen LogP contribution < -0.4 is 16.8 Å². The first-order chi connectivity index (χ1) is 14.8. The number of aromatic amines is 1. The average Bonchev–Trinajstić information content (AvgIpc) is 3.26. The van der Waals surface area contributed by atoms with Crippen molar-refractivity contribution in [3.63, 3.8) is 0 Å². The zero-order chi connectivity index (χ0) is 23.2. The van der Waals surface area contributed by atoms with Gasteiger partial charge in [0, 0.05) is 24.9 Å². The first-order valence-corrected chi connectivity index (χ1v) is 11.4. The minimum Gasteiger partial charge on any atom is -0.368 e. The summed E-state index contributed by atoms with van der Waals surface area (Å²) in [6.07, 6.45) is 10.4. The number of amides is 3. The molecule has 1 heterocycles. The molecule has 1 rings (SSSR count). The van der Waals surface area contributed by atoms with Crippen LogP contribution in [0.4, 0.5) is 0 Å². The van der Waals surface area contributed by atoms with Crippen LogP contribution >= 0.6 is 0 Å². The smallest absolute Gasteiger partial charge is 0.243 e. The van der Waals surface area contributed by atoms with E-state index in [2.05, 4.69) is 22.2 Å². The van der Waals surface area contributed by atoms with Crippen LogP contribution in [0.3, 0.4) is 0 Å². The molecule has 9 nitrogen and oxygen atoms in total. The lowest BCUT2D eigenvalue weighted by Gasteiger charge is -2.35. The average molecular weight is 437 g/mol. The highest BCUT2D eigenvalue weighted by Crippen LogP contribution is 2.18. The van der Waals surface area contributed by atoms with Gasteiger partial charge < -0.3 is 26.7 Å². The van der Waals surface area contributed by atoms with Crippen molar-refractivity contribution in [2.24, 2.45) is 17.4 Å². The molecule has 6 N–H and O–H groups in total. The number of aromatic nitrogens is 2. The van der Waals surface area contributed by atoms with E-state index in [4.69, 9.17) is 11.5 Å². The number of rotatable bonds is 16. The summed E-state index contributed by atoms with van der Waals surface area (Å²) in [6, 6.07) is -1.61. The summed E-state index contributed by atoms with van der Waals surface area (Å²) in [5.74, 6) is -1.39. The highest BCUT2D eigenvalue weighted by atomic mass is 16.2. The van der Waals surface area contributed by atoms with E-state index in [-0.39, 0.29) is 30.7 Å². The van der Waals surface area contributed by atoms with E-state index in [0.29, 0.717) is 18.7 Å². The van der Waals surface area contributed by atoms with Crippen molar-refractivity contribution in [1.82, 2.24) is 20.2 Å². The molecule has 0 radical (unpaired) electrons. The number of imidazole rings is 1. The van der Waals surface area contributed by atoms with Crippen molar-refractivity contribution in [3.8, 4) is 0 Å². The highest BCUT2D eigenvalue weighted by Gasteiger charge is 2.34. The Morgan fingerprint density at radius 1 is 1.16 bits per heavy atom. The van der Waals surface area contributed by atoms with Gasteiger partial charge in [0.25, 0.3) is 0 Å². The summed E-state index contributed by atoms with van der Waals surface area (Å²) in [5.41, 5.74) is 11.9. The van der Waals surface area contributed by atoms with Gasteiger partial charge in [0.2, 0.25) is 17.7 Å². The van der Waals surface area contributed by atoms with Gasteiger partial charge in [-0.1, -0.05) is 59.3 Å². The van der Waals surface area contributed by atoms with E-state index >= 15 is 0 Å².